The van der Waals surface area contributed by atoms with Crippen LogP contribution in [-0.2, 0) is 25.3 Å². The molecule has 0 aliphatic rings. The molecule has 3 rings (SSSR count). The van der Waals surface area contributed by atoms with Gasteiger partial charge in [-0.25, -0.2) is 13.7 Å². The molecule has 0 fully saturated rings. The number of hydrogen-bond acceptors (Lipinski definition) is 9. The second-order valence-corrected chi connectivity index (χ2v) is 10.6. The van der Waals surface area contributed by atoms with E-state index >= 15 is 0 Å². The quantitative estimate of drug-likeness (QED) is 0.203. The molecule has 3 aromatic carbocycles. The van der Waals surface area contributed by atoms with E-state index in [1.807, 2.05) is 6.07 Å². The minimum absolute atomic E-state index is 0.0277. The number of nitrogens with zero attached hydrogens (tertiary/aromatic N) is 1. The summed E-state index contributed by atoms with van der Waals surface area (Å²) in [7, 11) is -0.374. The predicted molar refractivity (Wildman–Crippen MR) is 154 cm³/mol. The van der Waals surface area contributed by atoms with Crippen LogP contribution in [0.2, 0.25) is 10.0 Å². The van der Waals surface area contributed by atoms with Gasteiger partial charge in [-0.1, -0.05) is 23.2 Å². The lowest BCUT2D eigenvalue weighted by atomic mass is 10.0. The number of ketones is 2. The number of benzene rings is 3. The van der Waals surface area contributed by atoms with E-state index in [4.69, 9.17) is 37.4 Å². The van der Waals surface area contributed by atoms with Crippen molar-refractivity contribution in [3.63, 3.8) is 0 Å². The van der Waals surface area contributed by atoms with Gasteiger partial charge < -0.3 is 19.5 Å². The number of carbonyl (C=O) groups is 3. The fourth-order valence-electron chi connectivity index (χ4n) is 3.48. The molecule has 0 bridgehead atoms. The number of ether oxygens (including phenoxy) is 3. The van der Waals surface area contributed by atoms with Crippen molar-refractivity contribution in [1.29, 1.82) is 5.26 Å². The lowest BCUT2D eigenvalue weighted by Crippen LogP contribution is -2.27. The Labute approximate surface area is 249 Å². The molecular weight excluding hydrogens is 593 g/mol. The number of nitrogens with one attached hydrogen (secondary N) is 2. The molecule has 2 N–H and O–H groups in total. The molecule has 1 atom stereocenters. The van der Waals surface area contributed by atoms with Gasteiger partial charge >= 0.3 is 6.09 Å². The number of amides is 1. The molecule has 3 aromatic rings. The molecule has 0 spiro atoms. The van der Waals surface area contributed by atoms with Gasteiger partial charge in [0, 0.05) is 28.4 Å². The van der Waals surface area contributed by atoms with Crippen molar-refractivity contribution >= 4 is 57.5 Å². The zero-order valence-electron chi connectivity index (χ0n) is 22.0. The van der Waals surface area contributed by atoms with E-state index in [-0.39, 0.29) is 64.6 Å². The van der Waals surface area contributed by atoms with Gasteiger partial charge in [0.1, 0.15) is 19.0 Å². The Morgan fingerprint density at radius 3 is 2.49 bits per heavy atom. The Kier molecular flexibility index (Phi) is 11.7. The Morgan fingerprint density at radius 2 is 1.78 bits per heavy atom. The molecule has 0 radical (unpaired) electrons. The smallest absolute Gasteiger partial charge is 0.419 e. The molecule has 10 nitrogen and oxygen atoms in total. The maximum Gasteiger partial charge on any atom is 0.419 e. The summed E-state index contributed by atoms with van der Waals surface area (Å²) in [5, 5.41) is 12.7. The van der Waals surface area contributed by atoms with Crippen LogP contribution in [0.3, 0.4) is 0 Å². The van der Waals surface area contributed by atoms with E-state index in [1.54, 1.807) is 25.1 Å². The first-order chi connectivity index (χ1) is 19.6. The van der Waals surface area contributed by atoms with Crippen molar-refractivity contribution in [2.24, 2.45) is 0 Å². The van der Waals surface area contributed by atoms with Crippen LogP contribution in [0, 0.1) is 18.3 Å². The molecule has 0 aliphatic heterocycles. The van der Waals surface area contributed by atoms with Crippen molar-refractivity contribution in [3.8, 4) is 11.8 Å². The van der Waals surface area contributed by atoms with Crippen LogP contribution >= 0.6 is 23.2 Å². The van der Waals surface area contributed by atoms with Gasteiger partial charge in [-0.2, -0.15) is 5.26 Å². The number of hydrogen-bond donors (Lipinski definition) is 2. The first kappa shape index (κ1) is 31.6. The number of Topliss-reactive ketones (excluding diaryl/α,β-unsaturated/α-hetero) is 1. The maximum atomic E-state index is 13.2. The van der Waals surface area contributed by atoms with E-state index in [2.05, 4.69) is 10.0 Å². The fourth-order valence-corrected chi connectivity index (χ4v) is 4.69. The van der Waals surface area contributed by atoms with Crippen LogP contribution in [-0.4, -0.2) is 55.3 Å². The summed E-state index contributed by atoms with van der Waals surface area (Å²) in [6.45, 7) is 1.56. The topological polar surface area (TPSA) is 144 Å². The number of carbonyl (C=O) groups excluding carboxylic acids is 3. The number of methoxy groups -OCH3 is 1. The molecule has 0 heterocycles. The zero-order valence-corrected chi connectivity index (χ0v) is 24.3. The second-order valence-electron chi connectivity index (χ2n) is 8.47. The lowest BCUT2D eigenvalue weighted by Gasteiger charge is -2.13. The predicted octanol–water partition coefficient (Wildman–Crippen LogP) is 4.86. The van der Waals surface area contributed by atoms with Crippen molar-refractivity contribution in [1.82, 2.24) is 4.72 Å². The number of aryl methyl sites for hydroxylation is 1. The number of anilines is 1. The van der Waals surface area contributed by atoms with Gasteiger partial charge in [0.15, 0.2) is 22.6 Å². The third-order valence-corrected chi connectivity index (χ3v) is 6.94. The summed E-state index contributed by atoms with van der Waals surface area (Å²) in [5.41, 5.74) is 1.80. The lowest BCUT2D eigenvalue weighted by molar-refractivity contribution is -0.119. The van der Waals surface area contributed by atoms with Crippen LogP contribution in [0.5, 0.6) is 5.75 Å². The number of rotatable bonds is 13. The Bertz CT molecular complexity index is 1530. The molecule has 214 valence electrons. The highest BCUT2D eigenvalue weighted by atomic mass is 35.5. The number of nitriles is 1. The fraction of sp³-hybridized carbons (Fsp3) is 0.214. The standard InChI is InChI=1S/C28H25Cl2N3O7S/c1-17-9-23(41(37)33-28(36)39-8-7-38-2)4-5-25(17)32-15-22(34)16-40-26-6-3-20(29)13-24(26)27(35)19-10-18(14-31)11-21(30)12-19/h3-6,9-13,32H,7-8,15-16H2,1-2H3,(H,33,36). The molecule has 41 heavy (non-hydrogen) atoms. The van der Waals surface area contributed by atoms with Crippen molar-refractivity contribution < 1.29 is 32.8 Å². The molecule has 13 heteroatoms. The van der Waals surface area contributed by atoms with Gasteiger partial charge in [-0.3, -0.25) is 9.59 Å². The van der Waals surface area contributed by atoms with Gasteiger partial charge in [0.2, 0.25) is 0 Å². The van der Waals surface area contributed by atoms with Crippen molar-refractivity contribution in [2.75, 3.05) is 38.8 Å². The van der Waals surface area contributed by atoms with Crippen LogP contribution in [0.4, 0.5) is 10.5 Å². The summed E-state index contributed by atoms with van der Waals surface area (Å²) in [6.07, 6.45) is -0.837. The third kappa shape index (κ3) is 9.30. The first-order valence-electron chi connectivity index (χ1n) is 12.0. The average molecular weight is 618 g/mol. The summed E-state index contributed by atoms with van der Waals surface area (Å²) in [5.74, 6) is -0.652. The molecule has 0 saturated heterocycles. The highest BCUT2D eigenvalue weighted by Crippen LogP contribution is 2.27. The molecule has 0 aliphatic carbocycles. The highest BCUT2D eigenvalue weighted by Gasteiger charge is 2.18. The van der Waals surface area contributed by atoms with E-state index in [0.29, 0.717) is 16.1 Å². The van der Waals surface area contributed by atoms with Crippen LogP contribution in [0.1, 0.15) is 27.0 Å². The highest BCUT2D eigenvalue weighted by molar-refractivity contribution is 7.83. The monoisotopic (exact) mass is 617 g/mol. The minimum atomic E-state index is -1.84. The normalized spacial score (nSPS) is 11.2. The van der Waals surface area contributed by atoms with Gasteiger partial charge in [0.25, 0.3) is 0 Å². The molecule has 0 aromatic heterocycles. The summed E-state index contributed by atoms with van der Waals surface area (Å²) in [4.78, 5) is 37.8. The van der Waals surface area contributed by atoms with Crippen molar-refractivity contribution in [3.05, 3.63) is 86.9 Å². The number of halogens is 2. The first-order valence-corrected chi connectivity index (χ1v) is 13.9. The van der Waals surface area contributed by atoms with Gasteiger partial charge in [0.05, 0.1) is 35.2 Å². The van der Waals surface area contributed by atoms with Crippen molar-refractivity contribution in [2.45, 2.75) is 11.8 Å². The van der Waals surface area contributed by atoms with E-state index in [9.17, 15) is 23.9 Å². The van der Waals surface area contributed by atoms with Crippen LogP contribution in [0.15, 0.2) is 59.5 Å². The summed E-state index contributed by atoms with van der Waals surface area (Å²) in [6, 6.07) is 15.4. The molecular formula is C28H25Cl2N3O7S. The minimum Gasteiger partial charge on any atom is -0.485 e. The SMILES string of the molecule is COCCOC(=O)NS(=O)c1ccc(NCC(=O)COc2ccc(Cl)cc2C(=O)c2cc(Cl)cc(C#N)c2)c(C)c1. The Morgan fingerprint density at radius 1 is 1.00 bits per heavy atom. The van der Waals surface area contributed by atoms with E-state index in [0.717, 1.165) is 0 Å². The van der Waals surface area contributed by atoms with Crippen LogP contribution < -0.4 is 14.8 Å². The zero-order chi connectivity index (χ0) is 29.9. The van der Waals surface area contributed by atoms with E-state index < -0.39 is 22.9 Å². The Balaban J connectivity index is 1.60. The van der Waals surface area contributed by atoms with Gasteiger partial charge in [-0.05, 0) is 67.1 Å². The average Bonchev–Trinajstić information content (AvgIpc) is 2.95. The van der Waals surface area contributed by atoms with Gasteiger partial charge in [-0.15, -0.1) is 0 Å². The van der Waals surface area contributed by atoms with E-state index in [1.165, 1.54) is 43.5 Å². The summed E-state index contributed by atoms with van der Waals surface area (Å²) >= 11 is 12.1. The molecule has 1 amide bonds. The summed E-state index contributed by atoms with van der Waals surface area (Å²) < 4.78 is 29.9. The molecule has 0 saturated carbocycles. The second kappa shape index (κ2) is 15.2. The maximum absolute atomic E-state index is 13.2. The van der Waals surface area contributed by atoms with Crippen LogP contribution in [0.25, 0.3) is 0 Å². The third-order valence-electron chi connectivity index (χ3n) is 5.45. The largest absolute Gasteiger partial charge is 0.485 e. The molecule has 1 unspecified atom stereocenters. The Hall–Kier alpha value is -3.95.